The maximum absolute atomic E-state index is 15.1. The summed E-state index contributed by atoms with van der Waals surface area (Å²) < 4.78 is 38.5. The van der Waals surface area contributed by atoms with Crippen molar-refractivity contribution in [3.63, 3.8) is 0 Å². The van der Waals surface area contributed by atoms with E-state index in [4.69, 9.17) is 18.9 Å². The quantitative estimate of drug-likeness (QED) is 0.153. The molecule has 0 aliphatic carbocycles. The number of piperidine rings is 1. The number of aromatic nitrogens is 1. The molecule has 0 unspecified atom stereocenters. The zero-order valence-electron chi connectivity index (χ0n) is 27.0. The lowest BCUT2D eigenvalue weighted by molar-refractivity contribution is -0.136. The summed E-state index contributed by atoms with van der Waals surface area (Å²) in [5.74, 6) is 0.269. The van der Waals surface area contributed by atoms with Gasteiger partial charge in [0.1, 0.15) is 11.5 Å². The van der Waals surface area contributed by atoms with Gasteiger partial charge in [0.05, 0.1) is 25.8 Å². The van der Waals surface area contributed by atoms with Gasteiger partial charge in [-0.05, 0) is 93.1 Å². The van der Waals surface area contributed by atoms with Crippen LogP contribution in [-0.2, 0) is 16.0 Å². The predicted octanol–water partition coefficient (Wildman–Crippen LogP) is 5.95. The van der Waals surface area contributed by atoms with Gasteiger partial charge in [0.2, 0.25) is 0 Å². The Morgan fingerprint density at radius 1 is 0.936 bits per heavy atom. The largest absolute Gasteiger partial charge is 0.493 e. The van der Waals surface area contributed by atoms with Crippen LogP contribution in [-0.4, -0.2) is 56.8 Å². The summed E-state index contributed by atoms with van der Waals surface area (Å²) in [6, 6.07) is 15.0. The van der Waals surface area contributed by atoms with Crippen molar-refractivity contribution in [1.29, 1.82) is 0 Å². The number of carbonyl (C=O) groups excluding carboxylic acids is 2. The van der Waals surface area contributed by atoms with Crippen LogP contribution in [0.1, 0.15) is 37.3 Å². The van der Waals surface area contributed by atoms with E-state index in [9.17, 15) is 9.59 Å². The minimum Gasteiger partial charge on any atom is -0.493 e. The van der Waals surface area contributed by atoms with Gasteiger partial charge in [-0.25, -0.2) is 4.39 Å². The number of nitrogens with zero attached hydrogens (tertiary/aromatic N) is 1. The molecule has 1 fully saturated rings. The molecule has 0 radical (unpaired) electrons. The maximum atomic E-state index is 15.1. The van der Waals surface area contributed by atoms with E-state index in [1.165, 1.54) is 12.1 Å². The fourth-order valence-electron chi connectivity index (χ4n) is 5.36. The number of fused-ring (bicyclic) bond motifs is 1. The highest BCUT2D eigenvalue weighted by Crippen LogP contribution is 2.38. The molecule has 0 spiro atoms. The predicted molar refractivity (Wildman–Crippen MR) is 178 cm³/mol. The Morgan fingerprint density at radius 3 is 2.49 bits per heavy atom. The first-order chi connectivity index (χ1) is 22.8. The molecule has 1 saturated heterocycles. The Balaban J connectivity index is 1.17. The third-order valence-electron chi connectivity index (χ3n) is 7.94. The molecule has 1 aromatic heterocycles. The average molecular weight is 645 g/mol. The van der Waals surface area contributed by atoms with Gasteiger partial charge in [-0.2, -0.15) is 0 Å². The fourth-order valence-corrected chi connectivity index (χ4v) is 5.36. The molecule has 3 N–H and O–H groups in total. The molecule has 3 aromatic carbocycles. The SMILES string of the molecule is CCCOc1ccc(CCNC(=O)C(=O)Nc2ccc(Oc3ccnc4cc(OCC5CCNCC5)c(OC)cc34)c(F)c2)cc1C. The lowest BCUT2D eigenvalue weighted by Crippen LogP contribution is -2.36. The molecule has 11 heteroatoms. The van der Waals surface area contributed by atoms with Gasteiger partial charge in [0, 0.05) is 35.9 Å². The van der Waals surface area contributed by atoms with Gasteiger partial charge >= 0.3 is 11.8 Å². The van der Waals surface area contributed by atoms with Crippen molar-refractivity contribution >= 4 is 28.4 Å². The molecule has 5 rings (SSSR count). The summed E-state index contributed by atoms with van der Waals surface area (Å²) in [5, 5.41) is 9.01. The molecule has 0 atom stereocenters. The number of pyridine rings is 1. The van der Waals surface area contributed by atoms with Crippen LogP contribution in [0.15, 0.2) is 60.8 Å². The van der Waals surface area contributed by atoms with Crippen LogP contribution in [0.3, 0.4) is 0 Å². The second-order valence-corrected chi connectivity index (χ2v) is 11.5. The van der Waals surface area contributed by atoms with Crippen molar-refractivity contribution in [2.75, 3.05) is 45.3 Å². The topological polar surface area (TPSA) is 120 Å². The molecule has 10 nitrogen and oxygen atoms in total. The Bertz CT molecular complexity index is 1710. The number of aryl methyl sites for hydroxylation is 1. The van der Waals surface area contributed by atoms with Crippen LogP contribution in [0, 0.1) is 18.7 Å². The van der Waals surface area contributed by atoms with E-state index in [1.807, 2.05) is 32.0 Å². The first-order valence-corrected chi connectivity index (χ1v) is 15.9. The third-order valence-corrected chi connectivity index (χ3v) is 7.94. The van der Waals surface area contributed by atoms with Gasteiger partial charge in [0.15, 0.2) is 23.1 Å². The molecule has 0 saturated carbocycles. The van der Waals surface area contributed by atoms with Gasteiger partial charge in [0.25, 0.3) is 0 Å². The van der Waals surface area contributed by atoms with Crippen molar-refractivity contribution in [2.24, 2.45) is 5.92 Å². The molecule has 2 heterocycles. The van der Waals surface area contributed by atoms with E-state index >= 15 is 4.39 Å². The van der Waals surface area contributed by atoms with E-state index in [-0.39, 0.29) is 18.0 Å². The highest BCUT2D eigenvalue weighted by atomic mass is 19.1. The second kappa shape index (κ2) is 16.1. The van der Waals surface area contributed by atoms with E-state index in [1.54, 1.807) is 31.5 Å². The van der Waals surface area contributed by atoms with Crippen LogP contribution >= 0.6 is 0 Å². The number of rotatable bonds is 13. The van der Waals surface area contributed by atoms with E-state index in [0.29, 0.717) is 53.7 Å². The summed E-state index contributed by atoms with van der Waals surface area (Å²) in [6.45, 7) is 7.48. The van der Waals surface area contributed by atoms with Crippen molar-refractivity contribution < 1.29 is 32.9 Å². The third kappa shape index (κ3) is 8.88. The van der Waals surface area contributed by atoms with Crippen LogP contribution in [0.5, 0.6) is 28.7 Å². The molecule has 47 heavy (non-hydrogen) atoms. The van der Waals surface area contributed by atoms with Gasteiger partial charge in [-0.1, -0.05) is 19.1 Å². The summed E-state index contributed by atoms with van der Waals surface area (Å²) in [6.07, 6.45) is 5.15. The Labute approximate surface area is 274 Å². The first kappa shape index (κ1) is 33.5. The average Bonchev–Trinajstić information content (AvgIpc) is 3.08. The number of hydrogen-bond acceptors (Lipinski definition) is 8. The number of ether oxygens (including phenoxy) is 4. The zero-order valence-corrected chi connectivity index (χ0v) is 27.0. The molecule has 0 bridgehead atoms. The number of methoxy groups -OCH3 is 1. The standard InChI is InChI=1S/C36H41FN4O6/c1-4-17-45-30-7-5-24(18-23(30)2)11-15-40-35(42)36(43)41-26-6-8-32(28(37)19-26)47-31-12-16-39-29-21-34(33(44-3)20-27(29)31)46-22-25-9-13-38-14-10-25/h5-8,12,16,18-21,25,38H,4,9-11,13-15,17,22H2,1-3H3,(H,40,42)(H,41,43). The summed E-state index contributed by atoms with van der Waals surface area (Å²) in [5.41, 5.74) is 2.73. The van der Waals surface area contributed by atoms with E-state index in [2.05, 4.69) is 20.9 Å². The van der Waals surface area contributed by atoms with Crippen molar-refractivity contribution in [3.05, 3.63) is 77.7 Å². The molecule has 1 aliphatic heterocycles. The minimum absolute atomic E-state index is 0.0634. The van der Waals surface area contributed by atoms with Crippen LogP contribution < -0.4 is 34.9 Å². The van der Waals surface area contributed by atoms with Crippen LogP contribution in [0.2, 0.25) is 0 Å². The number of anilines is 1. The van der Waals surface area contributed by atoms with Gasteiger partial charge < -0.3 is 34.9 Å². The maximum Gasteiger partial charge on any atom is 0.313 e. The Hall–Kier alpha value is -4.90. The molecular formula is C36H41FN4O6. The molecular weight excluding hydrogens is 603 g/mol. The second-order valence-electron chi connectivity index (χ2n) is 11.5. The first-order valence-electron chi connectivity index (χ1n) is 15.9. The van der Waals surface area contributed by atoms with E-state index < -0.39 is 17.6 Å². The number of benzene rings is 3. The minimum atomic E-state index is -0.900. The summed E-state index contributed by atoms with van der Waals surface area (Å²) in [7, 11) is 1.56. The zero-order chi connectivity index (χ0) is 33.2. The number of carbonyl (C=O) groups is 2. The molecule has 1 aliphatic rings. The van der Waals surface area contributed by atoms with Crippen molar-refractivity contribution in [1.82, 2.24) is 15.6 Å². The number of halogens is 1. The van der Waals surface area contributed by atoms with Crippen LogP contribution in [0.25, 0.3) is 10.9 Å². The summed E-state index contributed by atoms with van der Waals surface area (Å²) in [4.78, 5) is 29.3. The lowest BCUT2D eigenvalue weighted by atomic mass is 9.99. The number of nitrogens with one attached hydrogen (secondary N) is 3. The molecule has 2 amide bonds. The monoisotopic (exact) mass is 644 g/mol. The van der Waals surface area contributed by atoms with E-state index in [0.717, 1.165) is 55.3 Å². The van der Waals surface area contributed by atoms with Crippen molar-refractivity contribution in [3.8, 4) is 28.7 Å². The number of hydrogen-bond donors (Lipinski definition) is 3. The Kier molecular flexibility index (Phi) is 11.5. The van der Waals surface area contributed by atoms with Crippen molar-refractivity contribution in [2.45, 2.75) is 39.5 Å². The fraction of sp³-hybridized carbons (Fsp3) is 0.361. The lowest BCUT2D eigenvalue weighted by Gasteiger charge is -2.23. The Morgan fingerprint density at radius 2 is 1.74 bits per heavy atom. The normalized spacial score (nSPS) is 13.2. The summed E-state index contributed by atoms with van der Waals surface area (Å²) >= 11 is 0. The highest BCUT2D eigenvalue weighted by Gasteiger charge is 2.18. The van der Waals surface area contributed by atoms with Gasteiger partial charge in [-0.3, -0.25) is 14.6 Å². The molecule has 4 aromatic rings. The van der Waals surface area contributed by atoms with Crippen LogP contribution in [0.4, 0.5) is 10.1 Å². The number of amides is 2. The smallest absolute Gasteiger partial charge is 0.313 e. The van der Waals surface area contributed by atoms with Gasteiger partial charge in [-0.15, -0.1) is 0 Å². The molecule has 248 valence electrons. The highest BCUT2D eigenvalue weighted by molar-refractivity contribution is 6.39.